The maximum atomic E-state index is 12.7. The summed E-state index contributed by atoms with van der Waals surface area (Å²) in [5.41, 5.74) is 1.45. The zero-order valence-corrected chi connectivity index (χ0v) is 14.9. The normalized spacial score (nSPS) is 17.0. The molecule has 0 saturated heterocycles. The molecule has 0 aliphatic carbocycles. The highest BCUT2D eigenvalue weighted by molar-refractivity contribution is 7.89. The predicted octanol–water partition coefficient (Wildman–Crippen LogP) is 2.94. The van der Waals surface area contributed by atoms with Crippen LogP contribution in [-0.4, -0.2) is 28.2 Å². The summed E-state index contributed by atoms with van der Waals surface area (Å²) in [5.74, 6) is 1.47. The number of ether oxygens (including phenoxy) is 2. The van der Waals surface area contributed by atoms with Crippen LogP contribution in [0.2, 0.25) is 5.02 Å². The van der Waals surface area contributed by atoms with Crippen LogP contribution in [-0.2, 0) is 16.4 Å². The maximum absolute atomic E-state index is 12.7. The van der Waals surface area contributed by atoms with Crippen molar-refractivity contribution in [3.63, 3.8) is 0 Å². The lowest BCUT2D eigenvalue weighted by molar-refractivity contribution is 0.253. The van der Waals surface area contributed by atoms with Crippen molar-refractivity contribution in [2.24, 2.45) is 0 Å². The van der Waals surface area contributed by atoms with Gasteiger partial charge in [0.25, 0.3) is 0 Å². The van der Waals surface area contributed by atoms with E-state index in [1.54, 1.807) is 32.2 Å². The molecule has 128 valence electrons. The fourth-order valence-corrected chi connectivity index (χ4v) is 4.45. The van der Waals surface area contributed by atoms with E-state index in [9.17, 15) is 8.42 Å². The van der Waals surface area contributed by atoms with E-state index >= 15 is 0 Å². The number of hydrogen-bond acceptors (Lipinski definition) is 4. The van der Waals surface area contributed by atoms with E-state index in [0.29, 0.717) is 22.8 Å². The molecule has 0 radical (unpaired) electrons. The Balaban J connectivity index is 1.82. The fraction of sp³-hybridized carbons (Fsp3) is 0.294. The van der Waals surface area contributed by atoms with Gasteiger partial charge in [0.2, 0.25) is 10.0 Å². The van der Waals surface area contributed by atoms with Crippen LogP contribution >= 0.6 is 11.6 Å². The molecule has 1 N–H and O–H groups in total. The molecule has 0 saturated carbocycles. The molecule has 2 aromatic rings. The Labute approximate surface area is 146 Å². The van der Waals surface area contributed by atoms with Crippen molar-refractivity contribution in [3.8, 4) is 11.5 Å². The van der Waals surface area contributed by atoms with Crippen molar-refractivity contribution in [3.05, 3.63) is 52.5 Å². The van der Waals surface area contributed by atoms with Gasteiger partial charge in [-0.3, -0.25) is 0 Å². The second kappa shape index (κ2) is 6.63. The topological polar surface area (TPSA) is 64.6 Å². The maximum Gasteiger partial charge on any atom is 0.241 e. The lowest BCUT2D eigenvalue weighted by Crippen LogP contribution is -2.42. The number of hydrogen-bond donors (Lipinski definition) is 1. The summed E-state index contributed by atoms with van der Waals surface area (Å²) < 4.78 is 38.9. The van der Waals surface area contributed by atoms with Gasteiger partial charge in [0.15, 0.2) is 0 Å². The van der Waals surface area contributed by atoms with Crippen LogP contribution in [0, 0.1) is 6.92 Å². The van der Waals surface area contributed by atoms with Crippen LogP contribution in [0.25, 0.3) is 0 Å². The molecule has 0 spiro atoms. The zero-order chi connectivity index (χ0) is 17.3. The number of fused-ring (bicyclic) bond motifs is 1. The Morgan fingerprint density at radius 1 is 1.29 bits per heavy atom. The number of sulfonamides is 1. The van der Waals surface area contributed by atoms with Gasteiger partial charge in [0, 0.05) is 5.02 Å². The molecule has 0 aromatic heterocycles. The first kappa shape index (κ1) is 17.1. The molecular weight excluding hydrogens is 350 g/mol. The molecule has 1 heterocycles. The van der Waals surface area contributed by atoms with Crippen molar-refractivity contribution < 1.29 is 17.9 Å². The summed E-state index contributed by atoms with van der Waals surface area (Å²) in [6, 6.07) is 10.0. The average Bonchev–Trinajstić information content (AvgIpc) is 2.56. The Hall–Kier alpha value is -1.76. The molecule has 0 fully saturated rings. The molecule has 1 atom stereocenters. The Bertz CT molecular complexity index is 867. The summed E-state index contributed by atoms with van der Waals surface area (Å²) in [6.07, 6.45) is 0.533. The van der Waals surface area contributed by atoms with Crippen molar-refractivity contribution in [1.82, 2.24) is 4.72 Å². The molecule has 1 aliphatic rings. The van der Waals surface area contributed by atoms with Gasteiger partial charge < -0.3 is 9.47 Å². The van der Waals surface area contributed by atoms with E-state index in [1.165, 1.54) is 0 Å². The fourth-order valence-electron chi connectivity index (χ4n) is 2.74. The lowest BCUT2D eigenvalue weighted by Gasteiger charge is -2.26. The highest BCUT2D eigenvalue weighted by atomic mass is 35.5. The number of rotatable bonds is 4. The van der Waals surface area contributed by atoms with Gasteiger partial charge in [-0.1, -0.05) is 17.7 Å². The molecule has 2 aromatic carbocycles. The van der Waals surface area contributed by atoms with Crippen LogP contribution in [0.1, 0.15) is 11.1 Å². The molecule has 0 unspecified atom stereocenters. The summed E-state index contributed by atoms with van der Waals surface area (Å²) in [7, 11) is -2.09. The van der Waals surface area contributed by atoms with Crippen LogP contribution in [0.3, 0.4) is 0 Å². The van der Waals surface area contributed by atoms with E-state index in [2.05, 4.69) is 4.72 Å². The first-order valence-electron chi connectivity index (χ1n) is 7.48. The third-order valence-corrected chi connectivity index (χ3v) is 6.08. The summed E-state index contributed by atoms with van der Waals surface area (Å²) in [6.45, 7) is 1.96. The summed E-state index contributed by atoms with van der Waals surface area (Å²) in [4.78, 5) is 0.187. The van der Waals surface area contributed by atoms with Crippen LogP contribution in [0.4, 0.5) is 0 Å². The van der Waals surface area contributed by atoms with Gasteiger partial charge in [-0.05, 0) is 54.8 Å². The standard InChI is InChI=1S/C17H18ClNO4S/c1-11-15(18)4-3-5-17(11)24(20,21)19-13-8-12-9-14(22-2)6-7-16(12)23-10-13/h3-7,9,13,19H,8,10H2,1-2H3/t13-/m0/s1. The van der Waals surface area contributed by atoms with E-state index in [1.807, 2.05) is 18.2 Å². The molecule has 5 nitrogen and oxygen atoms in total. The predicted molar refractivity (Wildman–Crippen MR) is 92.5 cm³/mol. The molecule has 24 heavy (non-hydrogen) atoms. The van der Waals surface area contributed by atoms with Gasteiger partial charge >= 0.3 is 0 Å². The first-order valence-corrected chi connectivity index (χ1v) is 9.34. The third kappa shape index (κ3) is 3.36. The third-order valence-electron chi connectivity index (χ3n) is 4.00. The second-order valence-electron chi connectivity index (χ2n) is 5.67. The van der Waals surface area contributed by atoms with E-state index in [4.69, 9.17) is 21.1 Å². The van der Waals surface area contributed by atoms with Crippen LogP contribution in [0.15, 0.2) is 41.3 Å². The highest BCUT2D eigenvalue weighted by Crippen LogP contribution is 2.29. The quantitative estimate of drug-likeness (QED) is 0.902. The number of halogens is 1. The smallest absolute Gasteiger partial charge is 0.241 e. The first-order chi connectivity index (χ1) is 11.4. The van der Waals surface area contributed by atoms with Gasteiger partial charge in [-0.2, -0.15) is 0 Å². The zero-order valence-electron chi connectivity index (χ0n) is 13.4. The van der Waals surface area contributed by atoms with Crippen LogP contribution in [0.5, 0.6) is 11.5 Å². The Kier molecular flexibility index (Phi) is 4.71. The van der Waals surface area contributed by atoms with Crippen molar-refractivity contribution >= 4 is 21.6 Å². The van der Waals surface area contributed by atoms with Crippen molar-refractivity contribution in [2.45, 2.75) is 24.3 Å². The molecular formula is C17H18ClNO4S. The Morgan fingerprint density at radius 2 is 2.08 bits per heavy atom. The minimum Gasteiger partial charge on any atom is -0.497 e. The van der Waals surface area contributed by atoms with E-state index in [0.717, 1.165) is 11.3 Å². The summed E-state index contributed by atoms with van der Waals surface area (Å²) in [5, 5.41) is 0.424. The molecule has 0 bridgehead atoms. The average molecular weight is 368 g/mol. The van der Waals surface area contributed by atoms with Gasteiger partial charge in [-0.25, -0.2) is 13.1 Å². The van der Waals surface area contributed by atoms with Crippen LogP contribution < -0.4 is 14.2 Å². The monoisotopic (exact) mass is 367 g/mol. The van der Waals surface area contributed by atoms with Gasteiger partial charge in [0.1, 0.15) is 18.1 Å². The molecule has 3 rings (SSSR count). The molecule has 0 amide bonds. The number of nitrogens with one attached hydrogen (secondary N) is 1. The largest absolute Gasteiger partial charge is 0.497 e. The number of methoxy groups -OCH3 is 1. The minimum absolute atomic E-state index is 0.187. The minimum atomic E-state index is -3.68. The lowest BCUT2D eigenvalue weighted by atomic mass is 10.0. The number of benzene rings is 2. The van der Waals surface area contributed by atoms with Crippen molar-refractivity contribution in [1.29, 1.82) is 0 Å². The molecule has 1 aliphatic heterocycles. The summed E-state index contributed by atoms with van der Waals surface area (Å²) >= 11 is 6.03. The SMILES string of the molecule is COc1ccc2c(c1)C[C@H](NS(=O)(=O)c1cccc(Cl)c1C)CO2. The van der Waals surface area contributed by atoms with Crippen molar-refractivity contribution in [2.75, 3.05) is 13.7 Å². The van der Waals surface area contributed by atoms with E-state index in [-0.39, 0.29) is 17.5 Å². The van der Waals surface area contributed by atoms with E-state index < -0.39 is 10.0 Å². The van der Waals surface area contributed by atoms with Gasteiger partial charge in [-0.15, -0.1) is 0 Å². The van der Waals surface area contributed by atoms with Gasteiger partial charge in [0.05, 0.1) is 18.0 Å². The Morgan fingerprint density at radius 3 is 2.83 bits per heavy atom. The molecule has 7 heteroatoms. The second-order valence-corrected chi connectivity index (χ2v) is 7.76. The highest BCUT2D eigenvalue weighted by Gasteiger charge is 2.27.